The van der Waals surface area contributed by atoms with E-state index in [9.17, 15) is 4.39 Å². The van der Waals surface area contributed by atoms with E-state index < -0.39 is 0 Å². The highest BCUT2D eigenvalue weighted by atomic mass is 79.9. The lowest BCUT2D eigenvalue weighted by Crippen LogP contribution is -2.05. The highest BCUT2D eigenvalue weighted by Gasteiger charge is 2.27. The summed E-state index contributed by atoms with van der Waals surface area (Å²) in [5.41, 5.74) is 0.788. The quantitative estimate of drug-likeness (QED) is 0.741. The van der Waals surface area contributed by atoms with Gasteiger partial charge in [-0.15, -0.1) is 0 Å². The van der Waals surface area contributed by atoms with E-state index >= 15 is 0 Å². The molecule has 1 aliphatic heterocycles. The second kappa shape index (κ2) is 4.41. The molecule has 0 aliphatic carbocycles. The molecule has 0 bridgehead atoms. The fourth-order valence-corrected chi connectivity index (χ4v) is 2.29. The van der Waals surface area contributed by atoms with Crippen LogP contribution in [0.1, 0.15) is 17.9 Å². The SMILES string of the molecule is Fc1ccccc1[C@@H]1CO[C@H](CBr)C1. The summed E-state index contributed by atoms with van der Waals surface area (Å²) in [5, 5.41) is 0.831. The van der Waals surface area contributed by atoms with Crippen molar-refractivity contribution in [2.75, 3.05) is 11.9 Å². The highest BCUT2D eigenvalue weighted by Crippen LogP contribution is 2.31. The van der Waals surface area contributed by atoms with Crippen LogP contribution in [0.5, 0.6) is 0 Å². The number of alkyl halides is 1. The van der Waals surface area contributed by atoms with Crippen LogP contribution in [0, 0.1) is 5.82 Å². The molecular formula is C11H12BrFO. The molecule has 0 aromatic heterocycles. The lowest BCUT2D eigenvalue weighted by Gasteiger charge is -2.08. The fourth-order valence-electron chi connectivity index (χ4n) is 1.84. The van der Waals surface area contributed by atoms with Crippen molar-refractivity contribution in [3.63, 3.8) is 0 Å². The van der Waals surface area contributed by atoms with Crippen molar-refractivity contribution in [1.29, 1.82) is 0 Å². The third kappa shape index (κ3) is 1.98. The summed E-state index contributed by atoms with van der Waals surface area (Å²) >= 11 is 3.38. The molecule has 3 heteroatoms. The van der Waals surface area contributed by atoms with Crippen LogP contribution < -0.4 is 0 Å². The average Bonchev–Trinajstić information content (AvgIpc) is 2.67. The number of benzene rings is 1. The van der Waals surface area contributed by atoms with Crippen LogP contribution in [-0.2, 0) is 4.74 Å². The van der Waals surface area contributed by atoms with Gasteiger partial charge in [0, 0.05) is 11.2 Å². The number of rotatable bonds is 2. The molecule has 1 aromatic carbocycles. The second-order valence-electron chi connectivity index (χ2n) is 3.56. The molecule has 1 saturated heterocycles. The Hall–Kier alpha value is -0.410. The summed E-state index contributed by atoms with van der Waals surface area (Å²) in [6, 6.07) is 6.95. The maximum atomic E-state index is 13.4. The van der Waals surface area contributed by atoms with E-state index in [0.29, 0.717) is 6.61 Å². The Morgan fingerprint density at radius 1 is 1.43 bits per heavy atom. The van der Waals surface area contributed by atoms with Gasteiger partial charge in [-0.3, -0.25) is 0 Å². The molecule has 0 unspecified atom stereocenters. The first-order valence-electron chi connectivity index (χ1n) is 4.73. The minimum Gasteiger partial charge on any atom is -0.377 e. The Labute approximate surface area is 91.4 Å². The minimum absolute atomic E-state index is 0.115. The van der Waals surface area contributed by atoms with Crippen LogP contribution in [0.15, 0.2) is 24.3 Å². The molecular weight excluding hydrogens is 247 g/mol. The van der Waals surface area contributed by atoms with Crippen LogP contribution >= 0.6 is 15.9 Å². The predicted molar refractivity (Wildman–Crippen MR) is 57.3 cm³/mol. The van der Waals surface area contributed by atoms with Gasteiger partial charge in [-0.05, 0) is 18.1 Å². The first-order valence-corrected chi connectivity index (χ1v) is 5.85. The summed E-state index contributed by atoms with van der Waals surface area (Å²) in [5.74, 6) is 0.107. The van der Waals surface area contributed by atoms with Crippen LogP contribution in [0.3, 0.4) is 0 Å². The summed E-state index contributed by atoms with van der Waals surface area (Å²) in [7, 11) is 0. The zero-order valence-corrected chi connectivity index (χ0v) is 9.34. The van der Waals surface area contributed by atoms with E-state index in [1.54, 1.807) is 6.07 Å². The van der Waals surface area contributed by atoms with Crippen LogP contribution in [-0.4, -0.2) is 18.0 Å². The molecule has 0 N–H and O–H groups in total. The molecule has 0 saturated carbocycles. The predicted octanol–water partition coefficient (Wildman–Crippen LogP) is 3.09. The van der Waals surface area contributed by atoms with Gasteiger partial charge >= 0.3 is 0 Å². The third-order valence-corrected chi connectivity index (χ3v) is 3.32. The van der Waals surface area contributed by atoms with Crippen molar-refractivity contribution >= 4 is 15.9 Å². The van der Waals surface area contributed by atoms with Crippen molar-refractivity contribution < 1.29 is 9.13 Å². The largest absolute Gasteiger partial charge is 0.377 e. The molecule has 1 fully saturated rings. The summed E-state index contributed by atoms with van der Waals surface area (Å²) in [4.78, 5) is 0. The molecule has 1 aromatic rings. The lowest BCUT2D eigenvalue weighted by molar-refractivity contribution is 0.127. The van der Waals surface area contributed by atoms with Crippen molar-refractivity contribution in [2.45, 2.75) is 18.4 Å². The zero-order valence-electron chi connectivity index (χ0n) is 7.75. The number of hydrogen-bond donors (Lipinski definition) is 0. The molecule has 14 heavy (non-hydrogen) atoms. The van der Waals surface area contributed by atoms with E-state index in [1.807, 2.05) is 12.1 Å². The van der Waals surface area contributed by atoms with Gasteiger partial charge < -0.3 is 4.74 Å². The normalized spacial score (nSPS) is 26.7. The Bertz CT molecular complexity index is 316. The first-order chi connectivity index (χ1) is 6.81. The Morgan fingerprint density at radius 2 is 2.21 bits per heavy atom. The Kier molecular flexibility index (Phi) is 3.19. The smallest absolute Gasteiger partial charge is 0.126 e. The lowest BCUT2D eigenvalue weighted by atomic mass is 9.96. The van der Waals surface area contributed by atoms with Crippen molar-refractivity contribution in [2.24, 2.45) is 0 Å². The van der Waals surface area contributed by atoms with Gasteiger partial charge in [0.15, 0.2) is 0 Å². The summed E-state index contributed by atoms with van der Waals surface area (Å²) < 4.78 is 18.9. The average molecular weight is 259 g/mol. The fraction of sp³-hybridized carbons (Fsp3) is 0.455. The molecule has 1 nitrogen and oxygen atoms in total. The highest BCUT2D eigenvalue weighted by molar-refractivity contribution is 9.09. The maximum absolute atomic E-state index is 13.4. The summed E-state index contributed by atoms with van der Waals surface area (Å²) in [6.45, 7) is 0.636. The molecule has 76 valence electrons. The van der Waals surface area contributed by atoms with E-state index in [1.165, 1.54) is 6.07 Å². The van der Waals surface area contributed by atoms with E-state index in [2.05, 4.69) is 15.9 Å². The van der Waals surface area contributed by atoms with Crippen LogP contribution in [0.25, 0.3) is 0 Å². The monoisotopic (exact) mass is 258 g/mol. The Balaban J connectivity index is 2.13. The molecule has 0 spiro atoms. The van der Waals surface area contributed by atoms with Crippen LogP contribution in [0.4, 0.5) is 4.39 Å². The number of ether oxygens (including phenoxy) is 1. The van der Waals surface area contributed by atoms with Crippen molar-refractivity contribution in [1.82, 2.24) is 0 Å². The summed E-state index contributed by atoms with van der Waals surface area (Å²) in [6.07, 6.45) is 1.14. The van der Waals surface area contributed by atoms with E-state index in [-0.39, 0.29) is 17.8 Å². The minimum atomic E-state index is -0.115. The number of halogens is 2. The second-order valence-corrected chi connectivity index (χ2v) is 4.21. The van der Waals surface area contributed by atoms with Crippen molar-refractivity contribution in [3.8, 4) is 0 Å². The van der Waals surface area contributed by atoms with Gasteiger partial charge in [-0.2, -0.15) is 0 Å². The molecule has 2 rings (SSSR count). The maximum Gasteiger partial charge on any atom is 0.126 e. The van der Waals surface area contributed by atoms with Gasteiger partial charge in [-0.1, -0.05) is 34.1 Å². The molecule has 1 heterocycles. The standard InChI is InChI=1S/C11H12BrFO/c12-6-9-5-8(7-14-9)10-3-1-2-4-11(10)13/h1-4,8-9H,5-7H2/t8-,9-/m0/s1. The molecule has 1 aliphatic rings. The van der Waals surface area contributed by atoms with E-state index in [0.717, 1.165) is 17.3 Å². The van der Waals surface area contributed by atoms with Gasteiger partial charge in [0.2, 0.25) is 0 Å². The Morgan fingerprint density at radius 3 is 2.86 bits per heavy atom. The van der Waals surface area contributed by atoms with Gasteiger partial charge in [0.25, 0.3) is 0 Å². The third-order valence-electron chi connectivity index (χ3n) is 2.60. The van der Waals surface area contributed by atoms with E-state index in [4.69, 9.17) is 4.74 Å². The van der Waals surface area contributed by atoms with Gasteiger partial charge in [-0.25, -0.2) is 4.39 Å². The molecule has 2 atom stereocenters. The number of hydrogen-bond acceptors (Lipinski definition) is 1. The molecule has 0 radical (unpaired) electrons. The first kappa shape index (κ1) is 10.1. The zero-order chi connectivity index (χ0) is 9.97. The van der Waals surface area contributed by atoms with Crippen molar-refractivity contribution in [3.05, 3.63) is 35.6 Å². The van der Waals surface area contributed by atoms with Crippen LogP contribution in [0.2, 0.25) is 0 Å². The van der Waals surface area contributed by atoms with Gasteiger partial charge in [0.1, 0.15) is 5.82 Å². The topological polar surface area (TPSA) is 9.23 Å². The van der Waals surface area contributed by atoms with Gasteiger partial charge in [0.05, 0.1) is 12.7 Å². The molecule has 0 amide bonds.